The van der Waals surface area contributed by atoms with Gasteiger partial charge < -0.3 is 5.32 Å². The number of hydrogen-bond donors (Lipinski definition) is 1. The summed E-state index contributed by atoms with van der Waals surface area (Å²) in [6, 6.07) is 14.6. The zero-order valence-electron chi connectivity index (χ0n) is 12.8. The highest BCUT2D eigenvalue weighted by Gasteiger charge is 2.08. The minimum Gasteiger partial charge on any atom is -0.326 e. The minimum atomic E-state index is -0.0996. The Bertz CT molecular complexity index is 883. The molecule has 0 aliphatic carbocycles. The van der Waals surface area contributed by atoms with Gasteiger partial charge in [0.05, 0.1) is 23.0 Å². The van der Waals surface area contributed by atoms with Gasteiger partial charge in [-0.05, 0) is 36.8 Å². The maximum atomic E-state index is 12.0. The molecule has 0 fully saturated rings. The van der Waals surface area contributed by atoms with E-state index in [9.17, 15) is 4.79 Å². The molecule has 5 nitrogen and oxygen atoms in total. The normalized spacial score (nSPS) is 10.1. The Morgan fingerprint density at radius 3 is 2.96 bits per heavy atom. The fourth-order valence-electron chi connectivity index (χ4n) is 2.16. The number of carbonyl (C=O) groups excluding carboxylic acids is 1. The molecular weight excluding hydrogens is 320 g/mol. The molecule has 1 amide bonds. The average molecular weight is 334 g/mol. The van der Waals surface area contributed by atoms with E-state index in [1.54, 1.807) is 30.5 Å². The van der Waals surface area contributed by atoms with E-state index in [-0.39, 0.29) is 5.91 Å². The van der Waals surface area contributed by atoms with Crippen LogP contribution in [0.4, 0.5) is 5.69 Å². The van der Waals surface area contributed by atoms with E-state index in [0.717, 1.165) is 16.4 Å². The number of aromatic nitrogens is 2. The molecular formula is C18H14N4OS. The minimum absolute atomic E-state index is 0.0996. The predicted molar refractivity (Wildman–Crippen MR) is 93.5 cm³/mol. The van der Waals surface area contributed by atoms with Crippen molar-refractivity contribution >= 4 is 22.9 Å². The summed E-state index contributed by atoms with van der Waals surface area (Å²) < 4.78 is 0. The van der Waals surface area contributed by atoms with Crippen LogP contribution in [0.2, 0.25) is 0 Å². The molecule has 0 atom stereocenters. The number of anilines is 1. The zero-order valence-corrected chi connectivity index (χ0v) is 13.6. The second-order valence-corrected chi connectivity index (χ2v) is 5.96. The maximum Gasteiger partial charge on any atom is 0.224 e. The van der Waals surface area contributed by atoms with Crippen molar-refractivity contribution in [3.05, 3.63) is 65.3 Å². The first-order chi connectivity index (χ1) is 11.7. The van der Waals surface area contributed by atoms with Crippen LogP contribution in [0.3, 0.4) is 0 Å². The van der Waals surface area contributed by atoms with Crippen molar-refractivity contribution < 1.29 is 4.79 Å². The summed E-state index contributed by atoms with van der Waals surface area (Å²) in [5.74, 6) is -0.0996. The fourth-order valence-corrected chi connectivity index (χ4v) is 2.99. The van der Waals surface area contributed by atoms with E-state index in [4.69, 9.17) is 5.26 Å². The van der Waals surface area contributed by atoms with Gasteiger partial charge in [-0.15, -0.1) is 11.3 Å². The number of nitrogens with one attached hydrogen (secondary N) is 1. The third-order valence-electron chi connectivity index (χ3n) is 3.32. The van der Waals surface area contributed by atoms with E-state index in [0.29, 0.717) is 24.1 Å². The molecule has 2 heterocycles. The van der Waals surface area contributed by atoms with Crippen LogP contribution in [0.5, 0.6) is 0 Å². The van der Waals surface area contributed by atoms with Crippen LogP contribution in [0.1, 0.15) is 17.7 Å². The number of aryl methyl sites for hydroxylation is 1. The number of rotatable bonds is 5. The number of pyridine rings is 1. The summed E-state index contributed by atoms with van der Waals surface area (Å²) >= 11 is 1.52. The Balaban J connectivity index is 1.57. The van der Waals surface area contributed by atoms with Gasteiger partial charge in [-0.1, -0.05) is 12.1 Å². The number of hydrogen-bond acceptors (Lipinski definition) is 5. The lowest BCUT2D eigenvalue weighted by molar-refractivity contribution is -0.116. The van der Waals surface area contributed by atoms with E-state index in [1.807, 2.05) is 23.6 Å². The Hall–Kier alpha value is -3.04. The monoisotopic (exact) mass is 334 g/mol. The lowest BCUT2D eigenvalue weighted by atomic mass is 10.2. The number of nitrogens with zero attached hydrogens (tertiary/aromatic N) is 3. The standard InChI is InChI=1S/C18H14N4OS/c19-11-13-4-3-5-14(10-13)21-17(23)8-7-15-12-24-18(22-15)16-6-1-2-9-20-16/h1-6,9-10,12H,7-8H2,(H,21,23). The van der Waals surface area contributed by atoms with Gasteiger partial charge in [0.1, 0.15) is 5.01 Å². The molecule has 0 saturated heterocycles. The Labute approximate surface area is 143 Å². The van der Waals surface area contributed by atoms with Gasteiger partial charge in [0.25, 0.3) is 0 Å². The molecule has 0 aliphatic rings. The van der Waals surface area contributed by atoms with E-state index >= 15 is 0 Å². The molecule has 0 bridgehead atoms. The largest absolute Gasteiger partial charge is 0.326 e. The molecule has 0 spiro atoms. The molecule has 118 valence electrons. The molecule has 6 heteroatoms. The molecule has 0 radical (unpaired) electrons. The molecule has 1 N–H and O–H groups in total. The quantitative estimate of drug-likeness (QED) is 0.772. The topological polar surface area (TPSA) is 78.7 Å². The SMILES string of the molecule is N#Cc1cccc(NC(=O)CCc2csc(-c3ccccn3)n2)c1. The second kappa shape index (κ2) is 7.49. The van der Waals surface area contributed by atoms with Gasteiger partial charge in [0.2, 0.25) is 5.91 Å². The Kier molecular flexibility index (Phi) is 4.94. The highest BCUT2D eigenvalue weighted by molar-refractivity contribution is 7.13. The first-order valence-corrected chi connectivity index (χ1v) is 8.28. The summed E-state index contributed by atoms with van der Waals surface area (Å²) in [4.78, 5) is 20.8. The third-order valence-corrected chi connectivity index (χ3v) is 4.23. The van der Waals surface area contributed by atoms with Crippen molar-refractivity contribution in [1.82, 2.24) is 9.97 Å². The lowest BCUT2D eigenvalue weighted by Crippen LogP contribution is -2.12. The molecule has 3 rings (SSSR count). The van der Waals surface area contributed by atoms with Crippen LogP contribution in [-0.4, -0.2) is 15.9 Å². The van der Waals surface area contributed by atoms with Crippen molar-refractivity contribution in [3.8, 4) is 16.8 Å². The van der Waals surface area contributed by atoms with E-state index < -0.39 is 0 Å². The van der Waals surface area contributed by atoms with Crippen molar-refractivity contribution in [2.75, 3.05) is 5.32 Å². The van der Waals surface area contributed by atoms with Gasteiger partial charge >= 0.3 is 0 Å². The van der Waals surface area contributed by atoms with Gasteiger partial charge in [0.15, 0.2) is 0 Å². The smallest absolute Gasteiger partial charge is 0.224 e. The van der Waals surface area contributed by atoms with Crippen molar-refractivity contribution in [1.29, 1.82) is 5.26 Å². The Morgan fingerprint density at radius 2 is 2.17 bits per heavy atom. The molecule has 0 saturated carbocycles. The van der Waals surface area contributed by atoms with Crippen LogP contribution >= 0.6 is 11.3 Å². The highest BCUT2D eigenvalue weighted by atomic mass is 32.1. The molecule has 2 aromatic heterocycles. The van der Waals surface area contributed by atoms with Crippen LogP contribution in [0.15, 0.2) is 54.0 Å². The van der Waals surface area contributed by atoms with Crippen LogP contribution in [0, 0.1) is 11.3 Å². The summed E-state index contributed by atoms with van der Waals surface area (Å²) in [6.45, 7) is 0. The van der Waals surface area contributed by atoms with Crippen LogP contribution in [-0.2, 0) is 11.2 Å². The molecule has 3 aromatic rings. The molecule has 24 heavy (non-hydrogen) atoms. The summed E-state index contributed by atoms with van der Waals surface area (Å²) in [6.07, 6.45) is 2.63. The zero-order chi connectivity index (χ0) is 16.8. The van der Waals surface area contributed by atoms with Gasteiger partial charge in [-0.3, -0.25) is 9.78 Å². The van der Waals surface area contributed by atoms with Gasteiger partial charge in [0, 0.05) is 23.7 Å². The maximum absolute atomic E-state index is 12.0. The second-order valence-electron chi connectivity index (χ2n) is 5.10. The third kappa shape index (κ3) is 4.03. The van der Waals surface area contributed by atoms with Crippen LogP contribution in [0.25, 0.3) is 10.7 Å². The Morgan fingerprint density at radius 1 is 1.25 bits per heavy atom. The number of nitriles is 1. The number of benzene rings is 1. The molecule has 0 unspecified atom stereocenters. The van der Waals surface area contributed by atoms with Crippen LogP contribution < -0.4 is 5.32 Å². The number of thiazole rings is 1. The van der Waals surface area contributed by atoms with E-state index in [2.05, 4.69) is 21.4 Å². The molecule has 0 aliphatic heterocycles. The number of carbonyl (C=O) groups is 1. The highest BCUT2D eigenvalue weighted by Crippen LogP contribution is 2.22. The lowest BCUT2D eigenvalue weighted by Gasteiger charge is -2.04. The van der Waals surface area contributed by atoms with E-state index in [1.165, 1.54) is 11.3 Å². The van der Waals surface area contributed by atoms with Crippen molar-refractivity contribution in [2.24, 2.45) is 0 Å². The number of amides is 1. The van der Waals surface area contributed by atoms with Crippen molar-refractivity contribution in [2.45, 2.75) is 12.8 Å². The van der Waals surface area contributed by atoms with Gasteiger partial charge in [-0.2, -0.15) is 5.26 Å². The first kappa shape index (κ1) is 15.8. The summed E-state index contributed by atoms with van der Waals surface area (Å²) in [5, 5.41) is 14.5. The summed E-state index contributed by atoms with van der Waals surface area (Å²) in [7, 11) is 0. The van der Waals surface area contributed by atoms with Gasteiger partial charge in [-0.25, -0.2) is 4.98 Å². The first-order valence-electron chi connectivity index (χ1n) is 7.40. The predicted octanol–water partition coefficient (Wildman–Crippen LogP) is 3.65. The molecule has 1 aromatic carbocycles. The average Bonchev–Trinajstić information content (AvgIpc) is 3.10. The fraction of sp³-hybridized carbons (Fsp3) is 0.111. The van der Waals surface area contributed by atoms with Crippen molar-refractivity contribution in [3.63, 3.8) is 0 Å². The summed E-state index contributed by atoms with van der Waals surface area (Å²) in [5.41, 5.74) is 2.87.